The van der Waals surface area contributed by atoms with Crippen LogP contribution in [-0.2, 0) is 4.74 Å². The number of likely N-dealkylation sites (tertiary alicyclic amines) is 1. The number of nitrogens with one attached hydrogen (secondary N) is 1. The largest absolute Gasteiger partial charge is 0.378 e. The summed E-state index contributed by atoms with van der Waals surface area (Å²) in [5.74, 6) is 1.89. The van der Waals surface area contributed by atoms with Crippen LogP contribution in [0.5, 0.6) is 0 Å². The molecule has 164 valence electrons. The molecule has 1 unspecified atom stereocenters. The molecule has 0 aromatic heterocycles. The van der Waals surface area contributed by atoms with E-state index < -0.39 is 0 Å². The summed E-state index contributed by atoms with van der Waals surface area (Å²) in [6, 6.07) is 0.402. The van der Waals surface area contributed by atoms with Crippen molar-refractivity contribution in [3.8, 4) is 0 Å². The van der Waals surface area contributed by atoms with E-state index in [1.54, 1.807) is 0 Å². The normalized spacial score (nSPS) is 25.7. The molecular formula is C23H36N6O. The van der Waals surface area contributed by atoms with E-state index in [9.17, 15) is 0 Å². The molecule has 2 saturated heterocycles. The second-order valence-corrected chi connectivity index (χ2v) is 7.86. The maximum absolute atomic E-state index is 5.44. The van der Waals surface area contributed by atoms with Gasteiger partial charge in [-0.3, -0.25) is 4.99 Å². The van der Waals surface area contributed by atoms with Gasteiger partial charge in [0.15, 0.2) is 0 Å². The van der Waals surface area contributed by atoms with Gasteiger partial charge in [-0.1, -0.05) is 6.58 Å². The van der Waals surface area contributed by atoms with Crippen LogP contribution >= 0.6 is 0 Å². The summed E-state index contributed by atoms with van der Waals surface area (Å²) in [5.41, 5.74) is 3.64. The van der Waals surface area contributed by atoms with Crippen LogP contribution in [0.3, 0.4) is 0 Å². The highest BCUT2D eigenvalue weighted by Crippen LogP contribution is 2.23. The zero-order valence-corrected chi connectivity index (χ0v) is 18.9. The van der Waals surface area contributed by atoms with Crippen LogP contribution in [0.1, 0.15) is 27.2 Å². The fourth-order valence-electron chi connectivity index (χ4n) is 4.11. The first-order valence-corrected chi connectivity index (χ1v) is 10.9. The monoisotopic (exact) mass is 412 g/mol. The van der Waals surface area contributed by atoms with Crippen molar-refractivity contribution in [1.82, 2.24) is 20.0 Å². The molecule has 0 bridgehead atoms. The van der Waals surface area contributed by atoms with Gasteiger partial charge in [0.05, 0.1) is 13.2 Å². The molecule has 30 heavy (non-hydrogen) atoms. The molecule has 3 aliphatic rings. The fourth-order valence-corrected chi connectivity index (χ4v) is 4.11. The van der Waals surface area contributed by atoms with E-state index in [4.69, 9.17) is 9.73 Å². The Kier molecular flexibility index (Phi) is 7.74. The number of hydrogen-bond donors (Lipinski definition) is 1. The lowest BCUT2D eigenvalue weighted by Gasteiger charge is -2.29. The van der Waals surface area contributed by atoms with Crippen LogP contribution in [0.4, 0.5) is 0 Å². The number of allylic oxidation sites excluding steroid dienone is 2. The standard InChI is InChI=1S/C23H36N6O/c1-6-22(26-16-18(3)28-12-14-30-15-13-28)27(5)20-9-11-29(17-20)19(4)21-8-10-25-23(21)24-7-2/h6,8,10,16,20H,1,7,9,11-15,17H2,2-5H3,(H,24,25)/b18-16+,21-19+,26-22?. The van der Waals surface area contributed by atoms with Gasteiger partial charge in [-0.2, -0.15) is 0 Å². The minimum Gasteiger partial charge on any atom is -0.378 e. The Balaban J connectivity index is 1.66. The first kappa shape index (κ1) is 22.2. The smallest absolute Gasteiger partial charge is 0.134 e. The average molecular weight is 413 g/mol. The van der Waals surface area contributed by atoms with E-state index in [-0.39, 0.29) is 0 Å². The first-order chi connectivity index (χ1) is 14.5. The lowest BCUT2D eigenvalue weighted by atomic mass is 10.2. The predicted molar refractivity (Wildman–Crippen MR) is 124 cm³/mol. The molecule has 3 aliphatic heterocycles. The number of rotatable bonds is 6. The lowest BCUT2D eigenvalue weighted by molar-refractivity contribution is 0.0536. The highest BCUT2D eigenvalue weighted by Gasteiger charge is 2.28. The summed E-state index contributed by atoms with van der Waals surface area (Å²) in [7, 11) is 2.12. The van der Waals surface area contributed by atoms with Crippen LogP contribution in [0.15, 0.2) is 58.1 Å². The minimum absolute atomic E-state index is 0.402. The highest BCUT2D eigenvalue weighted by atomic mass is 16.5. The van der Waals surface area contributed by atoms with Crippen molar-refractivity contribution in [2.24, 2.45) is 9.98 Å². The lowest BCUT2D eigenvalue weighted by Crippen LogP contribution is -2.38. The SMILES string of the molecule is C=CC(=N/C=C(\C)N1CCOCC1)N(C)C1CCN(/C(C)=C2\C=CNC2=NCC)C1. The number of morpholine rings is 1. The van der Waals surface area contributed by atoms with Crippen molar-refractivity contribution in [1.29, 1.82) is 0 Å². The first-order valence-electron chi connectivity index (χ1n) is 10.9. The Morgan fingerprint density at radius 1 is 1.30 bits per heavy atom. The summed E-state index contributed by atoms with van der Waals surface area (Å²) in [6.45, 7) is 16.6. The summed E-state index contributed by atoms with van der Waals surface area (Å²) in [5, 5.41) is 3.25. The second kappa shape index (κ2) is 10.5. The van der Waals surface area contributed by atoms with Crippen molar-refractivity contribution >= 4 is 11.7 Å². The summed E-state index contributed by atoms with van der Waals surface area (Å²) in [6.07, 6.45) is 9.00. The zero-order valence-electron chi connectivity index (χ0n) is 18.9. The molecule has 0 amide bonds. The molecule has 7 nitrogen and oxygen atoms in total. The van der Waals surface area contributed by atoms with Crippen molar-refractivity contribution in [2.75, 3.05) is 53.0 Å². The summed E-state index contributed by atoms with van der Waals surface area (Å²) >= 11 is 0. The zero-order chi connectivity index (χ0) is 21.5. The number of ether oxygens (including phenoxy) is 1. The molecule has 7 heteroatoms. The molecule has 1 atom stereocenters. The van der Waals surface area contributed by atoms with E-state index in [2.05, 4.69) is 65.5 Å². The molecule has 0 radical (unpaired) electrons. The van der Waals surface area contributed by atoms with Gasteiger partial charge in [0, 0.05) is 75.2 Å². The Bertz CT molecular complexity index is 773. The molecule has 0 spiro atoms. The van der Waals surface area contributed by atoms with E-state index in [0.717, 1.165) is 64.0 Å². The third-order valence-electron chi connectivity index (χ3n) is 6.05. The molecular weight excluding hydrogens is 376 g/mol. The Morgan fingerprint density at radius 3 is 2.77 bits per heavy atom. The summed E-state index contributed by atoms with van der Waals surface area (Å²) < 4.78 is 5.44. The number of hydrogen-bond acceptors (Lipinski definition) is 5. The van der Waals surface area contributed by atoms with Gasteiger partial charge in [0.25, 0.3) is 0 Å². The van der Waals surface area contributed by atoms with Gasteiger partial charge in [-0.25, -0.2) is 4.99 Å². The average Bonchev–Trinajstić information content (AvgIpc) is 3.44. The van der Waals surface area contributed by atoms with Gasteiger partial charge in [-0.15, -0.1) is 0 Å². The minimum atomic E-state index is 0.402. The topological polar surface area (TPSA) is 55.7 Å². The molecule has 0 aliphatic carbocycles. The molecule has 0 saturated carbocycles. The Morgan fingerprint density at radius 2 is 2.07 bits per heavy atom. The molecule has 0 aromatic rings. The molecule has 3 rings (SSSR count). The van der Waals surface area contributed by atoms with E-state index >= 15 is 0 Å². The number of aliphatic imine (C=N–C) groups is 2. The van der Waals surface area contributed by atoms with Gasteiger partial charge < -0.3 is 24.8 Å². The molecule has 3 heterocycles. The van der Waals surface area contributed by atoms with Crippen LogP contribution < -0.4 is 5.32 Å². The number of likely N-dealkylation sites (N-methyl/N-ethyl adjacent to an activating group) is 1. The van der Waals surface area contributed by atoms with Crippen LogP contribution in [0, 0.1) is 0 Å². The fraction of sp³-hybridized carbons (Fsp3) is 0.565. The van der Waals surface area contributed by atoms with Crippen molar-refractivity contribution in [3.05, 3.63) is 48.1 Å². The van der Waals surface area contributed by atoms with Crippen LogP contribution in [0.2, 0.25) is 0 Å². The Labute approximate surface area is 181 Å². The summed E-state index contributed by atoms with van der Waals surface area (Å²) in [4.78, 5) is 16.4. The third kappa shape index (κ3) is 5.14. The maximum atomic E-state index is 5.44. The highest BCUT2D eigenvalue weighted by molar-refractivity contribution is 6.04. The molecule has 2 fully saturated rings. The number of nitrogens with zero attached hydrogens (tertiary/aromatic N) is 5. The second-order valence-electron chi connectivity index (χ2n) is 7.86. The molecule has 0 aromatic carbocycles. The maximum Gasteiger partial charge on any atom is 0.134 e. The van der Waals surface area contributed by atoms with Crippen molar-refractivity contribution in [3.63, 3.8) is 0 Å². The third-order valence-corrected chi connectivity index (χ3v) is 6.05. The van der Waals surface area contributed by atoms with E-state index in [0.29, 0.717) is 6.04 Å². The van der Waals surface area contributed by atoms with Crippen molar-refractivity contribution in [2.45, 2.75) is 33.2 Å². The predicted octanol–water partition coefficient (Wildman–Crippen LogP) is 2.58. The van der Waals surface area contributed by atoms with Gasteiger partial charge >= 0.3 is 0 Å². The van der Waals surface area contributed by atoms with Crippen molar-refractivity contribution < 1.29 is 4.74 Å². The molecule has 1 N–H and O–H groups in total. The van der Waals surface area contributed by atoms with Gasteiger partial charge in [-0.05, 0) is 39.3 Å². The van der Waals surface area contributed by atoms with E-state index in [1.807, 2.05) is 18.5 Å². The van der Waals surface area contributed by atoms with E-state index in [1.165, 1.54) is 17.0 Å². The van der Waals surface area contributed by atoms with Crippen LogP contribution in [0.25, 0.3) is 0 Å². The van der Waals surface area contributed by atoms with Gasteiger partial charge in [0.1, 0.15) is 11.7 Å². The number of amidine groups is 2. The quantitative estimate of drug-likeness (QED) is 0.537. The van der Waals surface area contributed by atoms with Gasteiger partial charge in [0.2, 0.25) is 0 Å². The Hall–Kier alpha value is -2.54. The van der Waals surface area contributed by atoms with Crippen LogP contribution in [-0.4, -0.2) is 85.4 Å².